The van der Waals surface area contributed by atoms with Crippen molar-refractivity contribution in [2.24, 2.45) is 0 Å². The zero-order valence-corrected chi connectivity index (χ0v) is 15.4. The molecule has 0 atom stereocenters. The Bertz CT molecular complexity index is 795. The molecule has 26 heavy (non-hydrogen) atoms. The van der Waals surface area contributed by atoms with E-state index in [0.717, 1.165) is 10.4 Å². The van der Waals surface area contributed by atoms with E-state index in [2.05, 4.69) is 5.32 Å². The normalized spacial score (nSPS) is 10.4. The van der Waals surface area contributed by atoms with E-state index in [-0.39, 0.29) is 6.03 Å². The molecule has 1 aromatic carbocycles. The first-order valence-corrected chi connectivity index (χ1v) is 8.89. The van der Waals surface area contributed by atoms with E-state index >= 15 is 0 Å². The first-order chi connectivity index (χ1) is 12.7. The number of ether oxygens (including phenoxy) is 2. The lowest BCUT2D eigenvalue weighted by Gasteiger charge is -2.23. The zero-order valence-electron chi connectivity index (χ0n) is 14.6. The minimum atomic E-state index is -0.219. The van der Waals surface area contributed by atoms with Crippen molar-refractivity contribution < 1.29 is 18.7 Å². The van der Waals surface area contributed by atoms with E-state index in [4.69, 9.17) is 13.9 Å². The molecule has 1 N–H and O–H groups in total. The Balaban J connectivity index is 1.78. The summed E-state index contributed by atoms with van der Waals surface area (Å²) in [5, 5.41) is 4.91. The fourth-order valence-electron chi connectivity index (χ4n) is 2.49. The Morgan fingerprint density at radius 3 is 2.73 bits per heavy atom. The number of rotatable bonds is 7. The van der Waals surface area contributed by atoms with Gasteiger partial charge in [0.1, 0.15) is 11.5 Å². The first kappa shape index (κ1) is 17.9. The number of methoxy groups -OCH3 is 2. The Morgan fingerprint density at radius 2 is 2.08 bits per heavy atom. The molecule has 3 aromatic rings. The van der Waals surface area contributed by atoms with Crippen LogP contribution in [-0.2, 0) is 13.1 Å². The van der Waals surface area contributed by atoms with Gasteiger partial charge in [0.2, 0.25) is 0 Å². The Hall–Kier alpha value is -2.93. The smallest absolute Gasteiger partial charge is 0.322 e. The molecule has 6 nitrogen and oxygen atoms in total. The van der Waals surface area contributed by atoms with E-state index < -0.39 is 0 Å². The number of nitrogens with one attached hydrogen (secondary N) is 1. The molecule has 0 saturated heterocycles. The maximum atomic E-state index is 12.9. The topological polar surface area (TPSA) is 63.9 Å². The summed E-state index contributed by atoms with van der Waals surface area (Å²) >= 11 is 1.61. The standard InChI is InChI=1S/C19H20N2O4S/c1-23-15-5-6-17(18(10-15)24-2)20-19(22)21(11-14-7-8-25-13-14)12-16-4-3-9-26-16/h3-10,13H,11-12H2,1-2H3,(H,20,22). The number of furan rings is 1. The molecule has 0 fully saturated rings. The lowest BCUT2D eigenvalue weighted by molar-refractivity contribution is 0.206. The van der Waals surface area contributed by atoms with Gasteiger partial charge in [0, 0.05) is 16.5 Å². The van der Waals surface area contributed by atoms with Gasteiger partial charge in [0.15, 0.2) is 0 Å². The van der Waals surface area contributed by atoms with Crippen molar-refractivity contribution in [3.63, 3.8) is 0 Å². The Labute approximate surface area is 156 Å². The first-order valence-electron chi connectivity index (χ1n) is 8.01. The van der Waals surface area contributed by atoms with E-state index in [1.165, 1.54) is 0 Å². The minimum Gasteiger partial charge on any atom is -0.497 e. The number of anilines is 1. The molecule has 3 rings (SSSR count). The van der Waals surface area contributed by atoms with Crippen LogP contribution in [0.15, 0.2) is 58.7 Å². The number of benzene rings is 1. The second kappa shape index (κ2) is 8.44. The van der Waals surface area contributed by atoms with Crippen molar-refractivity contribution in [2.45, 2.75) is 13.1 Å². The van der Waals surface area contributed by atoms with Crippen LogP contribution < -0.4 is 14.8 Å². The molecule has 0 bridgehead atoms. The molecular formula is C19H20N2O4S. The quantitative estimate of drug-likeness (QED) is 0.659. The van der Waals surface area contributed by atoms with E-state index in [9.17, 15) is 4.79 Å². The summed E-state index contributed by atoms with van der Waals surface area (Å²) in [5.74, 6) is 1.20. The molecule has 136 valence electrons. The van der Waals surface area contributed by atoms with Gasteiger partial charge in [-0.2, -0.15) is 0 Å². The second-order valence-electron chi connectivity index (χ2n) is 5.56. The number of nitrogens with zero attached hydrogens (tertiary/aromatic N) is 1. The lowest BCUT2D eigenvalue weighted by Crippen LogP contribution is -2.33. The molecule has 0 aliphatic rings. The Kier molecular flexibility index (Phi) is 5.80. The number of carbonyl (C=O) groups is 1. The van der Waals surface area contributed by atoms with Crippen LogP contribution in [0.2, 0.25) is 0 Å². The van der Waals surface area contributed by atoms with Crippen molar-refractivity contribution in [1.82, 2.24) is 4.90 Å². The summed E-state index contributed by atoms with van der Waals surface area (Å²) in [6, 6.07) is 10.9. The van der Waals surface area contributed by atoms with Gasteiger partial charge < -0.3 is 24.1 Å². The summed E-state index contributed by atoms with van der Waals surface area (Å²) in [4.78, 5) is 15.7. The van der Waals surface area contributed by atoms with Gasteiger partial charge in [-0.05, 0) is 29.6 Å². The summed E-state index contributed by atoms with van der Waals surface area (Å²) in [5.41, 5.74) is 1.51. The average Bonchev–Trinajstić information content (AvgIpc) is 3.35. The number of hydrogen-bond donors (Lipinski definition) is 1. The van der Waals surface area contributed by atoms with Crippen LogP contribution in [-0.4, -0.2) is 25.2 Å². The van der Waals surface area contributed by atoms with Gasteiger partial charge in [0.25, 0.3) is 0 Å². The molecule has 0 saturated carbocycles. The largest absolute Gasteiger partial charge is 0.497 e. The average molecular weight is 372 g/mol. The third-order valence-electron chi connectivity index (χ3n) is 3.82. The molecule has 0 unspecified atom stereocenters. The maximum Gasteiger partial charge on any atom is 0.322 e. The lowest BCUT2D eigenvalue weighted by atomic mass is 10.2. The predicted octanol–water partition coefficient (Wildman–Crippen LogP) is 4.59. The zero-order chi connectivity index (χ0) is 18.4. The van der Waals surface area contributed by atoms with Gasteiger partial charge in [-0.3, -0.25) is 0 Å². The molecule has 0 aliphatic carbocycles. The molecule has 2 aromatic heterocycles. The Morgan fingerprint density at radius 1 is 1.19 bits per heavy atom. The van der Waals surface area contributed by atoms with E-state index in [1.54, 1.807) is 61.2 Å². The van der Waals surface area contributed by atoms with Gasteiger partial charge in [0.05, 0.1) is 45.5 Å². The number of hydrogen-bond acceptors (Lipinski definition) is 5. The molecule has 0 radical (unpaired) electrons. The van der Waals surface area contributed by atoms with Crippen molar-refractivity contribution in [2.75, 3.05) is 19.5 Å². The summed E-state index contributed by atoms with van der Waals surface area (Å²) in [7, 11) is 3.14. The SMILES string of the molecule is COc1ccc(NC(=O)N(Cc2ccoc2)Cc2cccs2)c(OC)c1. The van der Waals surface area contributed by atoms with Gasteiger partial charge >= 0.3 is 6.03 Å². The number of carbonyl (C=O) groups excluding carboxylic acids is 1. The van der Waals surface area contributed by atoms with Crippen LogP contribution in [0.1, 0.15) is 10.4 Å². The fraction of sp³-hybridized carbons (Fsp3) is 0.211. The number of thiophene rings is 1. The van der Waals surface area contributed by atoms with Crippen LogP contribution in [0.5, 0.6) is 11.5 Å². The number of amides is 2. The van der Waals surface area contributed by atoms with Gasteiger partial charge in [-0.1, -0.05) is 6.07 Å². The van der Waals surface area contributed by atoms with Crippen molar-refractivity contribution in [1.29, 1.82) is 0 Å². The van der Waals surface area contributed by atoms with Crippen LogP contribution in [0, 0.1) is 0 Å². The van der Waals surface area contributed by atoms with Crippen molar-refractivity contribution in [3.8, 4) is 11.5 Å². The highest BCUT2D eigenvalue weighted by molar-refractivity contribution is 7.09. The molecular weight excluding hydrogens is 352 g/mol. The highest BCUT2D eigenvalue weighted by atomic mass is 32.1. The third-order valence-corrected chi connectivity index (χ3v) is 4.68. The highest BCUT2D eigenvalue weighted by Gasteiger charge is 2.18. The summed E-state index contributed by atoms with van der Waals surface area (Å²) < 4.78 is 15.7. The van der Waals surface area contributed by atoms with Crippen molar-refractivity contribution >= 4 is 23.1 Å². The van der Waals surface area contributed by atoms with E-state index in [0.29, 0.717) is 30.3 Å². The van der Waals surface area contributed by atoms with Gasteiger partial charge in [-0.15, -0.1) is 11.3 Å². The fourth-order valence-corrected chi connectivity index (χ4v) is 3.21. The molecule has 0 spiro atoms. The maximum absolute atomic E-state index is 12.9. The van der Waals surface area contributed by atoms with Crippen LogP contribution in [0.25, 0.3) is 0 Å². The predicted molar refractivity (Wildman–Crippen MR) is 101 cm³/mol. The molecule has 2 amide bonds. The summed E-state index contributed by atoms with van der Waals surface area (Å²) in [6.45, 7) is 0.950. The second-order valence-corrected chi connectivity index (χ2v) is 6.60. The van der Waals surface area contributed by atoms with Crippen LogP contribution >= 0.6 is 11.3 Å². The third kappa shape index (κ3) is 4.37. The molecule has 2 heterocycles. The van der Waals surface area contributed by atoms with Crippen LogP contribution in [0.4, 0.5) is 10.5 Å². The number of urea groups is 1. The van der Waals surface area contributed by atoms with Gasteiger partial charge in [-0.25, -0.2) is 4.79 Å². The summed E-state index contributed by atoms with van der Waals surface area (Å²) in [6.07, 6.45) is 3.24. The van der Waals surface area contributed by atoms with E-state index in [1.807, 2.05) is 23.6 Å². The van der Waals surface area contributed by atoms with Crippen molar-refractivity contribution in [3.05, 3.63) is 64.7 Å². The highest BCUT2D eigenvalue weighted by Crippen LogP contribution is 2.29. The molecule has 0 aliphatic heterocycles. The molecule has 7 heteroatoms. The minimum absolute atomic E-state index is 0.219. The monoisotopic (exact) mass is 372 g/mol. The van der Waals surface area contributed by atoms with Crippen LogP contribution in [0.3, 0.4) is 0 Å².